The van der Waals surface area contributed by atoms with E-state index >= 15 is 0 Å². The lowest BCUT2D eigenvalue weighted by atomic mass is 9.94. The van der Waals surface area contributed by atoms with E-state index in [0.717, 1.165) is 19.5 Å². The molecule has 0 heterocycles. The molecule has 0 aromatic heterocycles. The van der Waals surface area contributed by atoms with E-state index in [-0.39, 0.29) is 5.91 Å². The molecule has 1 atom stereocenters. The Morgan fingerprint density at radius 2 is 2.18 bits per heavy atom. The van der Waals surface area contributed by atoms with Crippen LogP contribution in [0.25, 0.3) is 0 Å². The molecule has 2 aliphatic carbocycles. The highest BCUT2D eigenvalue weighted by Crippen LogP contribution is 2.26. The lowest BCUT2D eigenvalue weighted by Crippen LogP contribution is -2.40. The van der Waals surface area contributed by atoms with Crippen LogP contribution in [0.4, 0.5) is 0 Å². The summed E-state index contributed by atoms with van der Waals surface area (Å²) in [7, 11) is 0. The molecule has 0 radical (unpaired) electrons. The summed E-state index contributed by atoms with van der Waals surface area (Å²) in [6, 6.07) is 0.684. The quantitative estimate of drug-likeness (QED) is 0.715. The van der Waals surface area contributed by atoms with Crippen molar-refractivity contribution in [1.82, 2.24) is 10.2 Å². The predicted molar refractivity (Wildman–Crippen MR) is 69.8 cm³/mol. The normalized spacial score (nSPS) is 24.0. The van der Waals surface area contributed by atoms with Crippen molar-refractivity contribution in [3.63, 3.8) is 0 Å². The Morgan fingerprint density at radius 3 is 2.76 bits per heavy atom. The molecule has 0 bridgehead atoms. The Labute approximate surface area is 104 Å². The summed E-state index contributed by atoms with van der Waals surface area (Å²) in [5.41, 5.74) is 0. The van der Waals surface area contributed by atoms with Gasteiger partial charge in [0.25, 0.3) is 0 Å². The van der Waals surface area contributed by atoms with Gasteiger partial charge in [-0.15, -0.1) is 0 Å². The Kier molecular flexibility index (Phi) is 4.60. The Hall–Kier alpha value is -0.830. The average Bonchev–Trinajstić information content (AvgIpc) is 3.19. The van der Waals surface area contributed by atoms with E-state index in [1.54, 1.807) is 0 Å². The maximum absolute atomic E-state index is 11.8. The second-order valence-corrected chi connectivity index (χ2v) is 5.25. The lowest BCUT2D eigenvalue weighted by molar-refractivity contribution is -0.122. The van der Waals surface area contributed by atoms with Gasteiger partial charge in [0.05, 0.1) is 6.54 Å². The molecule has 1 saturated carbocycles. The van der Waals surface area contributed by atoms with E-state index in [9.17, 15) is 4.79 Å². The maximum atomic E-state index is 11.8. The average molecular weight is 236 g/mol. The van der Waals surface area contributed by atoms with Gasteiger partial charge >= 0.3 is 0 Å². The first-order valence-corrected chi connectivity index (χ1v) is 6.95. The van der Waals surface area contributed by atoms with Gasteiger partial charge in [0.15, 0.2) is 0 Å². The van der Waals surface area contributed by atoms with Crippen LogP contribution in [0.5, 0.6) is 0 Å². The molecule has 0 saturated heterocycles. The Morgan fingerprint density at radius 1 is 1.35 bits per heavy atom. The molecule has 17 heavy (non-hydrogen) atoms. The summed E-state index contributed by atoms with van der Waals surface area (Å²) < 4.78 is 0. The zero-order chi connectivity index (χ0) is 12.1. The minimum absolute atomic E-state index is 0.202. The number of carbonyl (C=O) groups excluding carboxylic acids is 1. The number of allylic oxidation sites excluding steroid dienone is 2. The number of hydrogen-bond acceptors (Lipinski definition) is 2. The van der Waals surface area contributed by atoms with E-state index in [2.05, 4.69) is 29.3 Å². The van der Waals surface area contributed by atoms with Crippen molar-refractivity contribution < 1.29 is 4.79 Å². The second-order valence-electron chi connectivity index (χ2n) is 5.25. The van der Waals surface area contributed by atoms with E-state index in [4.69, 9.17) is 0 Å². The fourth-order valence-corrected chi connectivity index (χ4v) is 2.48. The molecule has 3 heteroatoms. The third-order valence-corrected chi connectivity index (χ3v) is 3.78. The molecule has 0 unspecified atom stereocenters. The van der Waals surface area contributed by atoms with Gasteiger partial charge in [-0.1, -0.05) is 19.1 Å². The molecule has 1 fully saturated rings. The summed E-state index contributed by atoms with van der Waals surface area (Å²) in [6.45, 7) is 4.57. The highest BCUT2D eigenvalue weighted by molar-refractivity contribution is 5.78. The molecule has 1 amide bonds. The highest BCUT2D eigenvalue weighted by Gasteiger charge is 2.28. The van der Waals surface area contributed by atoms with E-state index in [0.29, 0.717) is 18.5 Å². The molecule has 2 rings (SSSR count). The molecular formula is C14H24N2O. The first-order chi connectivity index (χ1) is 8.29. The summed E-state index contributed by atoms with van der Waals surface area (Å²) >= 11 is 0. The molecule has 1 N–H and O–H groups in total. The molecule has 3 nitrogen and oxygen atoms in total. The van der Waals surface area contributed by atoms with Crippen LogP contribution in [0.15, 0.2) is 12.2 Å². The van der Waals surface area contributed by atoms with Gasteiger partial charge in [0.1, 0.15) is 0 Å². The van der Waals surface area contributed by atoms with Gasteiger partial charge in [-0.2, -0.15) is 0 Å². The van der Waals surface area contributed by atoms with Crippen LogP contribution in [0.1, 0.15) is 39.0 Å². The van der Waals surface area contributed by atoms with Crippen molar-refractivity contribution in [2.75, 3.05) is 19.6 Å². The second kappa shape index (κ2) is 6.20. The van der Waals surface area contributed by atoms with Crippen LogP contribution >= 0.6 is 0 Å². The molecule has 0 spiro atoms. The number of nitrogens with zero attached hydrogens (tertiary/aromatic N) is 1. The summed E-state index contributed by atoms with van der Waals surface area (Å²) in [4.78, 5) is 14.1. The monoisotopic (exact) mass is 236 g/mol. The van der Waals surface area contributed by atoms with E-state index in [1.165, 1.54) is 25.7 Å². The number of amides is 1. The van der Waals surface area contributed by atoms with Crippen LogP contribution < -0.4 is 5.32 Å². The Balaban J connectivity index is 1.64. The lowest BCUT2D eigenvalue weighted by Gasteiger charge is -2.21. The number of hydrogen-bond donors (Lipinski definition) is 1. The molecule has 0 aromatic rings. The van der Waals surface area contributed by atoms with Crippen LogP contribution in [0.2, 0.25) is 0 Å². The molecule has 0 aliphatic heterocycles. The summed E-state index contributed by atoms with van der Waals surface area (Å²) in [5, 5.41) is 3.09. The van der Waals surface area contributed by atoms with Crippen molar-refractivity contribution >= 4 is 5.91 Å². The molecule has 0 aromatic carbocycles. The minimum Gasteiger partial charge on any atom is -0.355 e. The van der Waals surface area contributed by atoms with Crippen molar-refractivity contribution in [3.05, 3.63) is 12.2 Å². The van der Waals surface area contributed by atoms with Gasteiger partial charge in [-0.25, -0.2) is 0 Å². The summed E-state index contributed by atoms with van der Waals surface area (Å²) in [6.07, 6.45) is 10.5. The first-order valence-electron chi connectivity index (χ1n) is 6.95. The van der Waals surface area contributed by atoms with Crippen molar-refractivity contribution in [2.24, 2.45) is 5.92 Å². The van der Waals surface area contributed by atoms with Gasteiger partial charge in [-0.05, 0) is 44.6 Å². The zero-order valence-corrected chi connectivity index (χ0v) is 10.8. The predicted octanol–water partition coefficient (Wildman–Crippen LogP) is 1.94. The molecular weight excluding hydrogens is 212 g/mol. The SMILES string of the molecule is CCN(CC(=O)NC[C@H]1CC=CCC1)C1CC1. The number of likely N-dealkylation sites (N-methyl/N-ethyl adjacent to an activating group) is 1. The van der Waals surface area contributed by atoms with Crippen LogP contribution in [-0.4, -0.2) is 36.5 Å². The van der Waals surface area contributed by atoms with Crippen molar-refractivity contribution in [3.8, 4) is 0 Å². The fourth-order valence-electron chi connectivity index (χ4n) is 2.48. The smallest absolute Gasteiger partial charge is 0.234 e. The van der Waals surface area contributed by atoms with Crippen molar-refractivity contribution in [2.45, 2.75) is 45.1 Å². The molecule has 96 valence electrons. The van der Waals surface area contributed by atoms with Gasteiger partial charge in [0, 0.05) is 12.6 Å². The highest BCUT2D eigenvalue weighted by atomic mass is 16.2. The van der Waals surface area contributed by atoms with Gasteiger partial charge in [0.2, 0.25) is 5.91 Å². The third kappa shape index (κ3) is 4.15. The number of carbonyl (C=O) groups is 1. The maximum Gasteiger partial charge on any atom is 0.234 e. The van der Waals surface area contributed by atoms with E-state index < -0.39 is 0 Å². The standard InChI is InChI=1S/C14H24N2O/c1-2-16(13-8-9-13)11-14(17)15-10-12-6-4-3-5-7-12/h3-4,12-13H,2,5-11H2,1H3,(H,15,17)/t12-/m0/s1. The van der Waals surface area contributed by atoms with Crippen molar-refractivity contribution in [1.29, 1.82) is 0 Å². The fraction of sp³-hybridized carbons (Fsp3) is 0.786. The largest absolute Gasteiger partial charge is 0.355 e. The summed E-state index contributed by atoms with van der Waals surface area (Å²) in [5.74, 6) is 0.855. The van der Waals surface area contributed by atoms with Crippen LogP contribution in [0.3, 0.4) is 0 Å². The van der Waals surface area contributed by atoms with Crippen LogP contribution in [0, 0.1) is 5.92 Å². The van der Waals surface area contributed by atoms with Crippen LogP contribution in [-0.2, 0) is 4.79 Å². The number of nitrogens with one attached hydrogen (secondary N) is 1. The Bertz CT molecular complexity index is 284. The van der Waals surface area contributed by atoms with Gasteiger partial charge in [-0.3, -0.25) is 9.69 Å². The molecule has 2 aliphatic rings. The van der Waals surface area contributed by atoms with Gasteiger partial charge < -0.3 is 5.32 Å². The number of rotatable bonds is 6. The third-order valence-electron chi connectivity index (χ3n) is 3.78. The topological polar surface area (TPSA) is 32.3 Å². The minimum atomic E-state index is 0.202. The first kappa shape index (κ1) is 12.6. The zero-order valence-electron chi connectivity index (χ0n) is 10.8. The van der Waals surface area contributed by atoms with E-state index in [1.807, 2.05) is 0 Å².